The summed E-state index contributed by atoms with van der Waals surface area (Å²) in [6, 6.07) is 8.40. The van der Waals surface area contributed by atoms with Gasteiger partial charge < -0.3 is 10.4 Å². The number of hydrogen-bond acceptors (Lipinski definition) is 5. The first kappa shape index (κ1) is 16.1. The van der Waals surface area contributed by atoms with Gasteiger partial charge in [-0.15, -0.1) is 11.3 Å². The molecule has 0 spiro atoms. The fourth-order valence-electron chi connectivity index (χ4n) is 2.79. The molecule has 2 aromatic rings. The van der Waals surface area contributed by atoms with E-state index in [1.54, 1.807) is 0 Å². The molecule has 1 aromatic heterocycles. The highest BCUT2D eigenvalue weighted by Crippen LogP contribution is 2.21. The van der Waals surface area contributed by atoms with Crippen molar-refractivity contribution in [2.45, 2.75) is 25.9 Å². The molecule has 0 bridgehead atoms. The lowest BCUT2D eigenvalue weighted by Crippen LogP contribution is -2.32. The minimum Gasteiger partial charge on any atom is -0.392 e. The predicted molar refractivity (Wildman–Crippen MR) is 91.8 cm³/mol. The molecule has 1 saturated heterocycles. The number of aliphatic hydroxyl groups excluding tert-OH is 1. The summed E-state index contributed by atoms with van der Waals surface area (Å²) in [5.41, 5.74) is 2.49. The van der Waals surface area contributed by atoms with E-state index in [-0.39, 0.29) is 12.0 Å². The van der Waals surface area contributed by atoms with Crippen molar-refractivity contribution in [3.8, 4) is 0 Å². The zero-order chi connectivity index (χ0) is 16.2. The van der Waals surface area contributed by atoms with Crippen LogP contribution in [-0.4, -0.2) is 46.6 Å². The van der Waals surface area contributed by atoms with Gasteiger partial charge in [0.15, 0.2) is 5.13 Å². The van der Waals surface area contributed by atoms with Crippen LogP contribution in [-0.2, 0) is 11.2 Å². The Balaban J connectivity index is 1.53. The van der Waals surface area contributed by atoms with E-state index in [1.165, 1.54) is 22.5 Å². The van der Waals surface area contributed by atoms with Crippen molar-refractivity contribution in [3.05, 3.63) is 46.5 Å². The summed E-state index contributed by atoms with van der Waals surface area (Å²) in [6.45, 7) is 3.73. The molecule has 1 amide bonds. The molecule has 0 saturated carbocycles. The van der Waals surface area contributed by atoms with E-state index in [2.05, 4.69) is 41.5 Å². The second kappa shape index (κ2) is 7.21. The summed E-state index contributed by atoms with van der Waals surface area (Å²) in [5.74, 6) is -0.0736. The van der Waals surface area contributed by atoms with Crippen LogP contribution in [0.5, 0.6) is 0 Å². The maximum absolute atomic E-state index is 12.0. The van der Waals surface area contributed by atoms with Crippen LogP contribution in [0.1, 0.15) is 22.4 Å². The molecule has 2 heterocycles. The Kier molecular flexibility index (Phi) is 5.05. The fourth-order valence-corrected chi connectivity index (χ4v) is 3.65. The lowest BCUT2D eigenvalue weighted by atomic mass is 10.1. The maximum atomic E-state index is 12.0. The molecule has 2 N–H and O–H groups in total. The van der Waals surface area contributed by atoms with Crippen molar-refractivity contribution in [2.75, 3.05) is 25.0 Å². The molecule has 1 aromatic carbocycles. The van der Waals surface area contributed by atoms with Crippen molar-refractivity contribution in [1.29, 1.82) is 0 Å². The number of carbonyl (C=O) groups excluding carboxylic acids is 1. The first-order valence-electron chi connectivity index (χ1n) is 7.79. The highest BCUT2D eigenvalue weighted by atomic mass is 32.1. The molecule has 0 aliphatic carbocycles. The summed E-state index contributed by atoms with van der Waals surface area (Å²) < 4.78 is 0. The smallest absolute Gasteiger partial charge is 0.240 e. The van der Waals surface area contributed by atoms with Gasteiger partial charge in [0.2, 0.25) is 5.91 Å². The lowest BCUT2D eigenvalue weighted by Gasteiger charge is -2.13. The SMILES string of the molecule is Cc1cccc(Cc2cnc(NC(=O)CN3CC[C@H](O)C3)s2)c1. The summed E-state index contributed by atoms with van der Waals surface area (Å²) in [7, 11) is 0. The number of amides is 1. The second-order valence-electron chi connectivity index (χ2n) is 6.02. The summed E-state index contributed by atoms with van der Waals surface area (Å²) >= 11 is 1.51. The molecule has 1 atom stereocenters. The number of aliphatic hydroxyl groups is 1. The number of hydrogen-bond donors (Lipinski definition) is 2. The molecular formula is C17H21N3O2S. The van der Waals surface area contributed by atoms with Gasteiger partial charge >= 0.3 is 0 Å². The Morgan fingerprint density at radius 3 is 3.13 bits per heavy atom. The fraction of sp³-hybridized carbons (Fsp3) is 0.412. The summed E-state index contributed by atoms with van der Waals surface area (Å²) in [6.07, 6.45) is 3.09. The Morgan fingerprint density at radius 2 is 2.39 bits per heavy atom. The molecule has 0 unspecified atom stereocenters. The van der Waals surface area contributed by atoms with E-state index in [4.69, 9.17) is 0 Å². The zero-order valence-electron chi connectivity index (χ0n) is 13.2. The molecule has 1 aliphatic heterocycles. The van der Waals surface area contributed by atoms with Crippen LogP contribution in [0.2, 0.25) is 0 Å². The van der Waals surface area contributed by atoms with E-state index >= 15 is 0 Å². The minimum absolute atomic E-state index is 0.0736. The average Bonchev–Trinajstić information content (AvgIpc) is 3.08. The standard InChI is InChI=1S/C17H21N3O2S/c1-12-3-2-4-13(7-12)8-15-9-18-17(23-15)19-16(22)11-20-6-5-14(21)10-20/h2-4,7,9,14,21H,5-6,8,10-11H2,1H3,(H,18,19,22)/t14-/m0/s1. The Bertz CT molecular complexity index is 686. The molecular weight excluding hydrogens is 310 g/mol. The number of carbonyl (C=O) groups is 1. The van der Waals surface area contributed by atoms with Gasteiger partial charge in [0.1, 0.15) is 0 Å². The molecule has 5 nitrogen and oxygen atoms in total. The molecule has 0 radical (unpaired) electrons. The van der Waals surface area contributed by atoms with Gasteiger partial charge in [-0.2, -0.15) is 0 Å². The first-order valence-corrected chi connectivity index (χ1v) is 8.60. The van der Waals surface area contributed by atoms with Gasteiger partial charge in [0, 0.05) is 30.6 Å². The summed E-state index contributed by atoms with van der Waals surface area (Å²) in [5, 5.41) is 13.0. The number of aryl methyl sites for hydroxylation is 1. The van der Waals surface area contributed by atoms with E-state index in [1.807, 2.05) is 11.1 Å². The number of anilines is 1. The number of nitrogens with zero attached hydrogens (tertiary/aromatic N) is 2. The monoisotopic (exact) mass is 331 g/mol. The van der Waals surface area contributed by atoms with E-state index in [0.717, 1.165) is 24.3 Å². The number of aromatic nitrogens is 1. The number of benzene rings is 1. The van der Waals surface area contributed by atoms with Crippen LogP contribution < -0.4 is 5.32 Å². The molecule has 1 aliphatic rings. The Labute approximate surface area is 140 Å². The van der Waals surface area contributed by atoms with Crippen molar-refractivity contribution in [1.82, 2.24) is 9.88 Å². The number of β-amino-alcohol motifs (C(OH)–C–C–N with tert-alkyl or cyclic N) is 1. The van der Waals surface area contributed by atoms with Gasteiger partial charge in [-0.05, 0) is 18.9 Å². The molecule has 3 rings (SSSR count). The first-order chi connectivity index (χ1) is 11.1. The number of likely N-dealkylation sites (tertiary alicyclic amines) is 1. The number of rotatable bonds is 5. The molecule has 1 fully saturated rings. The van der Waals surface area contributed by atoms with Crippen LogP contribution in [0.4, 0.5) is 5.13 Å². The van der Waals surface area contributed by atoms with Gasteiger partial charge in [0.25, 0.3) is 0 Å². The average molecular weight is 331 g/mol. The zero-order valence-corrected chi connectivity index (χ0v) is 14.0. The van der Waals surface area contributed by atoms with Crippen LogP contribution in [0.15, 0.2) is 30.5 Å². The lowest BCUT2D eigenvalue weighted by molar-refractivity contribution is -0.117. The highest BCUT2D eigenvalue weighted by Gasteiger charge is 2.22. The van der Waals surface area contributed by atoms with E-state index in [9.17, 15) is 9.90 Å². The van der Waals surface area contributed by atoms with Crippen molar-refractivity contribution >= 4 is 22.4 Å². The number of thiazole rings is 1. The highest BCUT2D eigenvalue weighted by molar-refractivity contribution is 7.15. The Morgan fingerprint density at radius 1 is 1.52 bits per heavy atom. The van der Waals surface area contributed by atoms with Crippen LogP contribution in [0, 0.1) is 6.92 Å². The quantitative estimate of drug-likeness (QED) is 0.880. The molecule has 6 heteroatoms. The van der Waals surface area contributed by atoms with Gasteiger partial charge in [-0.25, -0.2) is 4.98 Å². The third-order valence-corrected chi connectivity index (χ3v) is 4.79. The number of nitrogens with one attached hydrogen (secondary N) is 1. The van der Waals surface area contributed by atoms with E-state index in [0.29, 0.717) is 18.2 Å². The van der Waals surface area contributed by atoms with Crippen LogP contribution in [0.3, 0.4) is 0 Å². The van der Waals surface area contributed by atoms with Crippen molar-refractivity contribution < 1.29 is 9.90 Å². The third-order valence-electron chi connectivity index (χ3n) is 3.88. The largest absolute Gasteiger partial charge is 0.392 e. The predicted octanol–water partition coefficient (Wildman–Crippen LogP) is 2.05. The van der Waals surface area contributed by atoms with Gasteiger partial charge in [-0.3, -0.25) is 9.69 Å². The van der Waals surface area contributed by atoms with E-state index < -0.39 is 0 Å². The van der Waals surface area contributed by atoms with Gasteiger partial charge in [-0.1, -0.05) is 29.8 Å². The van der Waals surface area contributed by atoms with Crippen molar-refractivity contribution in [2.24, 2.45) is 0 Å². The molecule has 23 heavy (non-hydrogen) atoms. The van der Waals surface area contributed by atoms with Crippen LogP contribution >= 0.6 is 11.3 Å². The summed E-state index contributed by atoms with van der Waals surface area (Å²) in [4.78, 5) is 19.4. The van der Waals surface area contributed by atoms with Crippen molar-refractivity contribution in [3.63, 3.8) is 0 Å². The maximum Gasteiger partial charge on any atom is 0.240 e. The second-order valence-corrected chi connectivity index (χ2v) is 7.14. The normalized spacial score (nSPS) is 18.3. The Hall–Kier alpha value is -1.76. The minimum atomic E-state index is -0.302. The topological polar surface area (TPSA) is 65.5 Å². The third kappa shape index (κ3) is 4.60. The van der Waals surface area contributed by atoms with Gasteiger partial charge in [0.05, 0.1) is 12.6 Å². The molecule has 122 valence electrons. The van der Waals surface area contributed by atoms with Crippen LogP contribution in [0.25, 0.3) is 0 Å².